The molecule has 4 atom stereocenters. The van der Waals surface area contributed by atoms with Gasteiger partial charge < -0.3 is 0 Å². The molecule has 0 heterocycles. The molecule has 0 fully saturated rings. The molecule has 0 saturated carbocycles. The molecule has 0 amide bonds. The van der Waals surface area contributed by atoms with Crippen LogP contribution < -0.4 is 0 Å². The van der Waals surface area contributed by atoms with Crippen molar-refractivity contribution in [2.75, 3.05) is 0 Å². The number of carbonyl (C=O) groups is 2. The SMILES string of the molecule is Cc1ccc(C2=C(c3ccc(C)cc3)[C@H](C)[C@H](C(=O)c3ccccc3)[C@H](C)[C@H]2C(=O)c2ccccc2)cc1. The molecule has 2 heteroatoms. The van der Waals surface area contributed by atoms with Gasteiger partial charge in [0.1, 0.15) is 0 Å². The molecule has 1 aliphatic rings. The van der Waals surface area contributed by atoms with Crippen molar-refractivity contribution in [1.82, 2.24) is 0 Å². The van der Waals surface area contributed by atoms with Gasteiger partial charge >= 0.3 is 0 Å². The van der Waals surface area contributed by atoms with Gasteiger partial charge in [-0.25, -0.2) is 0 Å². The summed E-state index contributed by atoms with van der Waals surface area (Å²) in [6.45, 7) is 8.41. The zero-order valence-corrected chi connectivity index (χ0v) is 22.5. The number of hydrogen-bond acceptors (Lipinski definition) is 2. The van der Waals surface area contributed by atoms with Crippen LogP contribution in [-0.2, 0) is 0 Å². The van der Waals surface area contributed by atoms with Gasteiger partial charge in [0.2, 0.25) is 0 Å². The summed E-state index contributed by atoms with van der Waals surface area (Å²) in [6, 6.07) is 36.0. The molecule has 1 aliphatic carbocycles. The van der Waals surface area contributed by atoms with E-state index in [1.165, 1.54) is 11.1 Å². The molecule has 0 aliphatic heterocycles. The van der Waals surface area contributed by atoms with Crippen molar-refractivity contribution < 1.29 is 9.59 Å². The van der Waals surface area contributed by atoms with Gasteiger partial charge in [0.15, 0.2) is 11.6 Å². The van der Waals surface area contributed by atoms with Gasteiger partial charge in [-0.15, -0.1) is 0 Å². The van der Waals surface area contributed by atoms with Crippen molar-refractivity contribution >= 4 is 22.7 Å². The standard InChI is InChI=1S/C36H34O2/c1-23-15-19-27(20-16-23)32-25(3)31(35(37)29-11-7-5-8-12-29)26(4)33(36(38)30-13-9-6-10-14-30)34(32)28-21-17-24(2)18-22-28/h5-22,25-26,31,33H,1-4H3/t25-,26+,31+,33-/m1/s1. The van der Waals surface area contributed by atoms with Crippen LogP contribution in [0.15, 0.2) is 109 Å². The summed E-state index contributed by atoms with van der Waals surface area (Å²) < 4.78 is 0. The van der Waals surface area contributed by atoms with E-state index in [4.69, 9.17) is 0 Å². The third-order valence-corrected chi connectivity index (χ3v) is 8.11. The van der Waals surface area contributed by atoms with E-state index in [0.29, 0.717) is 11.1 Å². The third kappa shape index (κ3) is 4.79. The van der Waals surface area contributed by atoms with Crippen molar-refractivity contribution in [2.45, 2.75) is 27.7 Å². The first-order chi connectivity index (χ1) is 18.4. The Morgan fingerprint density at radius 1 is 0.526 bits per heavy atom. The van der Waals surface area contributed by atoms with E-state index < -0.39 is 5.92 Å². The molecule has 4 aromatic rings. The summed E-state index contributed by atoms with van der Waals surface area (Å²) in [7, 11) is 0. The fourth-order valence-electron chi connectivity index (χ4n) is 6.15. The monoisotopic (exact) mass is 498 g/mol. The molecule has 0 N–H and O–H groups in total. The van der Waals surface area contributed by atoms with E-state index in [0.717, 1.165) is 22.3 Å². The number of rotatable bonds is 6. The van der Waals surface area contributed by atoms with Crippen LogP contribution >= 0.6 is 0 Å². The van der Waals surface area contributed by atoms with Gasteiger partial charge in [-0.1, -0.05) is 134 Å². The largest absolute Gasteiger partial charge is 0.294 e. The first-order valence-corrected chi connectivity index (χ1v) is 13.4. The van der Waals surface area contributed by atoms with Crippen molar-refractivity contribution in [3.63, 3.8) is 0 Å². The Kier molecular flexibility index (Phi) is 7.24. The second-order valence-electron chi connectivity index (χ2n) is 10.7. The maximum Gasteiger partial charge on any atom is 0.170 e. The quantitative estimate of drug-likeness (QED) is 0.250. The number of benzene rings is 4. The Morgan fingerprint density at radius 2 is 0.947 bits per heavy atom. The van der Waals surface area contributed by atoms with Gasteiger partial charge in [-0.2, -0.15) is 0 Å². The van der Waals surface area contributed by atoms with Crippen LogP contribution in [0, 0.1) is 37.5 Å². The Hall–Kier alpha value is -4.04. The minimum Gasteiger partial charge on any atom is -0.294 e. The van der Waals surface area contributed by atoms with E-state index in [9.17, 15) is 9.59 Å². The smallest absolute Gasteiger partial charge is 0.170 e. The summed E-state index contributed by atoms with van der Waals surface area (Å²) >= 11 is 0. The normalized spacial score (nSPS) is 21.3. The second-order valence-corrected chi connectivity index (χ2v) is 10.7. The fourth-order valence-corrected chi connectivity index (χ4v) is 6.15. The number of hydrogen-bond donors (Lipinski definition) is 0. The predicted octanol–water partition coefficient (Wildman–Crippen LogP) is 8.50. The van der Waals surface area contributed by atoms with Gasteiger partial charge in [0.05, 0.1) is 5.92 Å². The highest BCUT2D eigenvalue weighted by Gasteiger charge is 2.47. The second kappa shape index (κ2) is 10.8. The highest BCUT2D eigenvalue weighted by Crippen LogP contribution is 2.52. The summed E-state index contributed by atoms with van der Waals surface area (Å²) in [6.07, 6.45) is 0. The zero-order valence-electron chi connectivity index (χ0n) is 22.5. The molecular formula is C36H34O2. The molecule has 190 valence electrons. The summed E-state index contributed by atoms with van der Waals surface area (Å²) in [5.74, 6) is -0.877. The maximum atomic E-state index is 14.4. The molecule has 5 rings (SSSR count). The van der Waals surface area contributed by atoms with Gasteiger partial charge in [0, 0.05) is 17.0 Å². The first-order valence-electron chi connectivity index (χ1n) is 13.4. The number of carbonyl (C=O) groups excluding carboxylic acids is 2. The Morgan fingerprint density at radius 3 is 1.42 bits per heavy atom. The van der Waals surface area contributed by atoms with Crippen LogP contribution in [0.3, 0.4) is 0 Å². The number of ketones is 2. The van der Waals surface area contributed by atoms with Gasteiger partial charge in [-0.05, 0) is 48.0 Å². The third-order valence-electron chi connectivity index (χ3n) is 8.11. The van der Waals surface area contributed by atoms with Crippen LogP contribution in [-0.4, -0.2) is 11.6 Å². The number of aryl methyl sites for hydroxylation is 2. The van der Waals surface area contributed by atoms with Crippen LogP contribution in [0.2, 0.25) is 0 Å². The molecule has 0 spiro atoms. The average molecular weight is 499 g/mol. The lowest BCUT2D eigenvalue weighted by Gasteiger charge is -2.43. The summed E-state index contributed by atoms with van der Waals surface area (Å²) in [4.78, 5) is 28.5. The highest BCUT2D eigenvalue weighted by atomic mass is 16.1. The van der Waals surface area contributed by atoms with Crippen LogP contribution in [0.4, 0.5) is 0 Å². The van der Waals surface area contributed by atoms with Gasteiger partial charge in [-0.3, -0.25) is 9.59 Å². The van der Waals surface area contributed by atoms with E-state index in [-0.39, 0.29) is 29.3 Å². The number of Topliss-reactive ketones (excluding diaryl/α,β-unsaturated/α-hetero) is 2. The lowest BCUT2D eigenvalue weighted by atomic mass is 9.59. The molecule has 0 bridgehead atoms. The van der Waals surface area contributed by atoms with Crippen LogP contribution in [0.25, 0.3) is 11.1 Å². The maximum absolute atomic E-state index is 14.4. The highest BCUT2D eigenvalue weighted by molar-refractivity contribution is 6.12. The summed E-state index contributed by atoms with van der Waals surface area (Å²) in [5, 5.41) is 0. The lowest BCUT2D eigenvalue weighted by Crippen LogP contribution is -2.41. The lowest BCUT2D eigenvalue weighted by molar-refractivity contribution is 0.0763. The molecule has 0 saturated heterocycles. The van der Waals surface area contributed by atoms with E-state index in [1.807, 2.05) is 60.7 Å². The van der Waals surface area contributed by atoms with E-state index in [2.05, 4.69) is 76.2 Å². The van der Waals surface area contributed by atoms with Crippen molar-refractivity contribution in [3.8, 4) is 0 Å². The molecular weight excluding hydrogens is 464 g/mol. The molecule has 0 radical (unpaired) electrons. The first kappa shape index (κ1) is 25.6. The predicted molar refractivity (Wildman–Crippen MR) is 156 cm³/mol. The van der Waals surface area contributed by atoms with Crippen molar-refractivity contribution in [3.05, 3.63) is 143 Å². The molecule has 2 nitrogen and oxygen atoms in total. The average Bonchev–Trinajstić information content (AvgIpc) is 2.94. The Balaban J connectivity index is 1.79. The Labute approximate surface area is 226 Å². The minimum atomic E-state index is -0.453. The molecule has 0 unspecified atom stereocenters. The van der Waals surface area contributed by atoms with Crippen LogP contribution in [0.1, 0.15) is 56.8 Å². The fraction of sp³-hybridized carbons (Fsp3) is 0.222. The van der Waals surface area contributed by atoms with Crippen molar-refractivity contribution in [2.24, 2.45) is 23.7 Å². The summed E-state index contributed by atoms with van der Waals surface area (Å²) in [5.41, 5.74) is 7.98. The Bertz CT molecular complexity index is 1460. The molecule has 4 aromatic carbocycles. The minimum absolute atomic E-state index is 0.0658. The number of allylic oxidation sites excluding steroid dienone is 2. The molecule has 38 heavy (non-hydrogen) atoms. The topological polar surface area (TPSA) is 34.1 Å². The van der Waals surface area contributed by atoms with Gasteiger partial charge in [0.25, 0.3) is 0 Å². The zero-order chi connectivity index (χ0) is 26.8. The van der Waals surface area contributed by atoms with E-state index in [1.54, 1.807) is 0 Å². The molecule has 0 aromatic heterocycles. The van der Waals surface area contributed by atoms with Crippen LogP contribution in [0.5, 0.6) is 0 Å². The van der Waals surface area contributed by atoms with Crippen molar-refractivity contribution in [1.29, 1.82) is 0 Å². The van der Waals surface area contributed by atoms with E-state index >= 15 is 0 Å².